The van der Waals surface area contributed by atoms with Crippen LogP contribution < -0.4 is 4.74 Å². The second-order valence-electron chi connectivity index (χ2n) is 6.00. The summed E-state index contributed by atoms with van der Waals surface area (Å²) in [5.41, 5.74) is 1.32. The highest BCUT2D eigenvalue weighted by Gasteiger charge is 2.27. The molecule has 1 unspecified atom stereocenters. The highest BCUT2D eigenvalue weighted by atomic mass is 16.5. The van der Waals surface area contributed by atoms with E-state index in [1.54, 1.807) is 7.11 Å². The van der Waals surface area contributed by atoms with Gasteiger partial charge in [0.05, 0.1) is 13.2 Å². The van der Waals surface area contributed by atoms with Crippen molar-refractivity contribution in [2.45, 2.75) is 25.4 Å². The maximum atomic E-state index is 9.28. The summed E-state index contributed by atoms with van der Waals surface area (Å²) >= 11 is 0. The van der Waals surface area contributed by atoms with E-state index < -0.39 is 0 Å². The molecule has 1 saturated heterocycles. The summed E-state index contributed by atoms with van der Waals surface area (Å²) in [5.74, 6) is 1.40. The van der Waals surface area contributed by atoms with Crippen LogP contribution in [0.4, 0.5) is 0 Å². The first-order valence-electron chi connectivity index (χ1n) is 7.55. The first-order valence-corrected chi connectivity index (χ1v) is 7.55. The average molecular weight is 287 g/mol. The first-order chi connectivity index (χ1) is 10.1. The zero-order valence-corrected chi connectivity index (χ0v) is 13.2. The largest absolute Gasteiger partial charge is 0.497 e. The number of hydrogen-bond acceptors (Lipinski definition) is 4. The maximum Gasteiger partial charge on any atom is 0.118 e. The van der Waals surface area contributed by atoms with Crippen molar-refractivity contribution >= 4 is 0 Å². The van der Waals surface area contributed by atoms with E-state index in [9.17, 15) is 5.26 Å². The van der Waals surface area contributed by atoms with Crippen LogP contribution in [0.1, 0.15) is 18.4 Å². The Morgan fingerprint density at radius 3 is 2.38 bits per heavy atom. The molecule has 0 amide bonds. The molecule has 1 aliphatic rings. The minimum absolute atomic E-state index is 0.0492. The van der Waals surface area contributed by atoms with Crippen LogP contribution in [0, 0.1) is 17.2 Å². The highest BCUT2D eigenvalue weighted by Crippen LogP contribution is 2.24. The number of methoxy groups -OCH3 is 1. The van der Waals surface area contributed by atoms with Crippen molar-refractivity contribution in [3.63, 3.8) is 0 Å². The molecule has 114 valence electrons. The zero-order valence-electron chi connectivity index (χ0n) is 13.2. The van der Waals surface area contributed by atoms with Crippen molar-refractivity contribution in [2.24, 2.45) is 5.92 Å². The van der Waals surface area contributed by atoms with Gasteiger partial charge in [-0.05, 0) is 63.6 Å². The summed E-state index contributed by atoms with van der Waals surface area (Å²) in [6.45, 7) is 3.13. The van der Waals surface area contributed by atoms with E-state index in [2.05, 4.69) is 23.1 Å². The van der Waals surface area contributed by atoms with Gasteiger partial charge < -0.3 is 4.74 Å². The van der Waals surface area contributed by atoms with Gasteiger partial charge >= 0.3 is 0 Å². The number of hydrogen-bond donors (Lipinski definition) is 0. The van der Waals surface area contributed by atoms with Crippen LogP contribution in [0.15, 0.2) is 24.3 Å². The van der Waals surface area contributed by atoms with Gasteiger partial charge in [-0.3, -0.25) is 9.80 Å². The lowest BCUT2D eigenvalue weighted by atomic mass is 9.89. The summed E-state index contributed by atoms with van der Waals surface area (Å²) in [6.07, 6.45) is 2.21. The summed E-state index contributed by atoms with van der Waals surface area (Å²) in [7, 11) is 5.69. The van der Waals surface area contributed by atoms with E-state index >= 15 is 0 Å². The number of nitrogens with zero attached hydrogens (tertiary/aromatic N) is 3. The SMILES string of the molecule is COc1ccc(CN2CCC(C(C#N)N(C)C)CC2)cc1. The fraction of sp³-hybridized carbons (Fsp3) is 0.588. The molecule has 1 aromatic rings. The van der Waals surface area contributed by atoms with E-state index in [4.69, 9.17) is 4.74 Å². The molecule has 1 heterocycles. The Morgan fingerprint density at radius 1 is 1.29 bits per heavy atom. The molecule has 4 heteroatoms. The van der Waals surface area contributed by atoms with Gasteiger partial charge in [-0.25, -0.2) is 0 Å². The van der Waals surface area contributed by atoms with Crippen LogP contribution in [0.3, 0.4) is 0 Å². The van der Waals surface area contributed by atoms with Crippen molar-refractivity contribution in [3.8, 4) is 11.8 Å². The molecule has 0 saturated carbocycles. The van der Waals surface area contributed by atoms with Crippen molar-refractivity contribution in [1.29, 1.82) is 5.26 Å². The summed E-state index contributed by atoms with van der Waals surface area (Å²) in [4.78, 5) is 4.52. The molecular formula is C17H25N3O. The Labute approximate surface area is 127 Å². The minimum atomic E-state index is 0.0492. The Bertz CT molecular complexity index is 470. The Kier molecular flexibility index (Phi) is 5.60. The number of ether oxygens (including phenoxy) is 1. The molecule has 0 radical (unpaired) electrons. The molecular weight excluding hydrogens is 262 g/mol. The van der Waals surface area contributed by atoms with Gasteiger partial charge in [0, 0.05) is 6.54 Å². The van der Waals surface area contributed by atoms with Crippen LogP contribution in [0.2, 0.25) is 0 Å². The molecule has 21 heavy (non-hydrogen) atoms. The first kappa shape index (κ1) is 15.8. The van der Waals surface area contributed by atoms with Gasteiger partial charge in [0.25, 0.3) is 0 Å². The van der Waals surface area contributed by atoms with E-state index in [0.717, 1.165) is 38.2 Å². The lowest BCUT2D eigenvalue weighted by Gasteiger charge is -2.35. The summed E-state index contributed by atoms with van der Waals surface area (Å²) in [5, 5.41) is 9.28. The normalized spacial score (nSPS) is 18.4. The van der Waals surface area contributed by atoms with E-state index in [1.165, 1.54) is 5.56 Å². The monoisotopic (exact) mass is 287 g/mol. The standard InChI is InChI=1S/C17H25N3O/c1-19(2)17(12-18)15-8-10-20(11-9-15)13-14-4-6-16(21-3)7-5-14/h4-7,15,17H,8-11,13H2,1-3H3. The lowest BCUT2D eigenvalue weighted by molar-refractivity contribution is 0.135. The van der Waals surface area contributed by atoms with Crippen LogP contribution in [-0.4, -0.2) is 50.1 Å². The van der Waals surface area contributed by atoms with Crippen molar-refractivity contribution < 1.29 is 4.74 Å². The number of piperidine rings is 1. The third-order valence-electron chi connectivity index (χ3n) is 4.33. The molecule has 1 atom stereocenters. The Morgan fingerprint density at radius 2 is 1.90 bits per heavy atom. The highest BCUT2D eigenvalue weighted by molar-refractivity contribution is 5.27. The molecule has 2 rings (SSSR count). The van der Waals surface area contributed by atoms with E-state index in [-0.39, 0.29) is 6.04 Å². The molecule has 0 N–H and O–H groups in total. The number of benzene rings is 1. The maximum absolute atomic E-state index is 9.28. The van der Waals surface area contributed by atoms with Crippen molar-refractivity contribution in [3.05, 3.63) is 29.8 Å². The topological polar surface area (TPSA) is 39.5 Å². The van der Waals surface area contributed by atoms with Gasteiger partial charge in [0.1, 0.15) is 11.8 Å². The van der Waals surface area contributed by atoms with Gasteiger partial charge in [0.2, 0.25) is 0 Å². The zero-order chi connectivity index (χ0) is 15.2. The van der Waals surface area contributed by atoms with Crippen LogP contribution >= 0.6 is 0 Å². The second-order valence-corrected chi connectivity index (χ2v) is 6.00. The molecule has 0 aliphatic carbocycles. The predicted molar refractivity (Wildman–Crippen MR) is 84.1 cm³/mol. The average Bonchev–Trinajstić information content (AvgIpc) is 2.50. The molecule has 1 aromatic carbocycles. The van der Waals surface area contributed by atoms with E-state index in [0.29, 0.717) is 5.92 Å². The summed E-state index contributed by atoms with van der Waals surface area (Å²) in [6, 6.07) is 10.8. The molecule has 1 fully saturated rings. The summed E-state index contributed by atoms with van der Waals surface area (Å²) < 4.78 is 5.19. The number of nitriles is 1. The molecule has 0 spiro atoms. The minimum Gasteiger partial charge on any atom is -0.497 e. The van der Waals surface area contributed by atoms with Gasteiger partial charge in [-0.2, -0.15) is 5.26 Å². The Balaban J connectivity index is 1.85. The quantitative estimate of drug-likeness (QED) is 0.833. The molecule has 1 aliphatic heterocycles. The van der Waals surface area contributed by atoms with E-state index in [1.807, 2.05) is 31.1 Å². The van der Waals surface area contributed by atoms with Gasteiger partial charge in [0.15, 0.2) is 0 Å². The van der Waals surface area contributed by atoms with Crippen molar-refractivity contribution in [2.75, 3.05) is 34.3 Å². The van der Waals surface area contributed by atoms with Crippen LogP contribution in [-0.2, 0) is 6.54 Å². The van der Waals surface area contributed by atoms with Gasteiger partial charge in [-0.15, -0.1) is 0 Å². The lowest BCUT2D eigenvalue weighted by Crippen LogP contribution is -2.42. The molecule has 0 bridgehead atoms. The Hall–Kier alpha value is -1.57. The third kappa shape index (κ3) is 4.20. The number of likely N-dealkylation sites (tertiary alicyclic amines) is 1. The van der Waals surface area contributed by atoms with Gasteiger partial charge in [-0.1, -0.05) is 12.1 Å². The van der Waals surface area contributed by atoms with Crippen LogP contribution in [0.5, 0.6) is 5.75 Å². The number of rotatable bonds is 5. The third-order valence-corrected chi connectivity index (χ3v) is 4.33. The smallest absolute Gasteiger partial charge is 0.118 e. The molecule has 4 nitrogen and oxygen atoms in total. The molecule has 0 aromatic heterocycles. The fourth-order valence-electron chi connectivity index (χ4n) is 3.06. The van der Waals surface area contributed by atoms with Crippen LogP contribution in [0.25, 0.3) is 0 Å². The van der Waals surface area contributed by atoms with Crippen molar-refractivity contribution in [1.82, 2.24) is 9.80 Å². The fourth-order valence-corrected chi connectivity index (χ4v) is 3.06. The predicted octanol–water partition coefficient (Wildman–Crippen LogP) is 2.36. The second kappa shape index (κ2) is 7.44.